The van der Waals surface area contributed by atoms with E-state index in [0.717, 1.165) is 0 Å². The lowest BCUT2D eigenvalue weighted by molar-refractivity contribution is 0.278. The standard InChI is InChI=1S/C11H22N4O2S/c1-9(2)15(3)5-4-14-18(16,17)11-6-10(7-12)13-8-11/h6,8-9,13-14H,4-5,7,12H2,1-3H3. The summed E-state index contributed by atoms with van der Waals surface area (Å²) in [5, 5.41) is 0. The number of likely N-dealkylation sites (N-methyl/N-ethyl adjacent to an activating group) is 1. The van der Waals surface area contributed by atoms with Crippen LogP contribution in [-0.4, -0.2) is 44.5 Å². The van der Waals surface area contributed by atoms with Gasteiger partial charge >= 0.3 is 0 Å². The molecule has 0 amide bonds. The van der Waals surface area contributed by atoms with Crippen molar-refractivity contribution in [3.8, 4) is 0 Å². The number of hydrogen-bond acceptors (Lipinski definition) is 4. The summed E-state index contributed by atoms with van der Waals surface area (Å²) in [6.07, 6.45) is 1.46. The SMILES string of the molecule is CC(C)N(C)CCNS(=O)(=O)c1c[nH]c(CN)c1. The first kappa shape index (κ1) is 15.2. The number of nitrogens with zero attached hydrogens (tertiary/aromatic N) is 1. The molecule has 1 heterocycles. The predicted molar refractivity (Wildman–Crippen MR) is 71.6 cm³/mol. The van der Waals surface area contributed by atoms with E-state index >= 15 is 0 Å². The molecule has 0 aliphatic carbocycles. The van der Waals surface area contributed by atoms with Gasteiger partial charge in [0, 0.05) is 37.6 Å². The third-order valence-electron chi connectivity index (χ3n) is 2.88. The molecule has 0 fully saturated rings. The molecule has 1 aromatic heterocycles. The molecular formula is C11H22N4O2S. The fraction of sp³-hybridized carbons (Fsp3) is 0.636. The van der Waals surface area contributed by atoms with E-state index in [9.17, 15) is 8.42 Å². The molecule has 0 aliphatic rings. The van der Waals surface area contributed by atoms with Crippen molar-refractivity contribution in [3.63, 3.8) is 0 Å². The van der Waals surface area contributed by atoms with Gasteiger partial charge in [0.15, 0.2) is 0 Å². The van der Waals surface area contributed by atoms with Crippen molar-refractivity contribution < 1.29 is 8.42 Å². The van der Waals surface area contributed by atoms with Crippen molar-refractivity contribution in [1.29, 1.82) is 0 Å². The van der Waals surface area contributed by atoms with Gasteiger partial charge < -0.3 is 15.6 Å². The molecule has 1 rings (SSSR count). The van der Waals surface area contributed by atoms with Crippen LogP contribution in [0, 0.1) is 0 Å². The predicted octanol–water partition coefficient (Wildman–Crippen LogP) is 0.0919. The highest BCUT2D eigenvalue weighted by atomic mass is 32.2. The van der Waals surface area contributed by atoms with Crippen molar-refractivity contribution in [2.45, 2.75) is 31.3 Å². The highest BCUT2D eigenvalue weighted by molar-refractivity contribution is 7.89. The zero-order chi connectivity index (χ0) is 13.8. The average molecular weight is 274 g/mol. The van der Waals surface area contributed by atoms with Crippen LogP contribution in [0.15, 0.2) is 17.2 Å². The molecule has 0 saturated carbocycles. The number of nitrogens with one attached hydrogen (secondary N) is 2. The minimum absolute atomic E-state index is 0.232. The quantitative estimate of drug-likeness (QED) is 0.657. The molecule has 0 aliphatic heterocycles. The molecule has 0 bridgehead atoms. The van der Waals surface area contributed by atoms with Gasteiger partial charge in [-0.25, -0.2) is 13.1 Å². The maximum Gasteiger partial charge on any atom is 0.242 e. The highest BCUT2D eigenvalue weighted by Gasteiger charge is 2.15. The second-order valence-corrected chi connectivity index (χ2v) is 6.30. The van der Waals surface area contributed by atoms with Gasteiger partial charge in [0.1, 0.15) is 0 Å². The number of sulfonamides is 1. The first-order chi connectivity index (χ1) is 8.36. The smallest absolute Gasteiger partial charge is 0.242 e. The van der Waals surface area contributed by atoms with Crippen molar-refractivity contribution in [1.82, 2.24) is 14.6 Å². The van der Waals surface area contributed by atoms with E-state index in [2.05, 4.69) is 28.5 Å². The zero-order valence-electron chi connectivity index (χ0n) is 11.1. The normalized spacial score (nSPS) is 12.6. The number of rotatable bonds is 7. The Balaban J connectivity index is 2.55. The molecule has 104 valence electrons. The minimum Gasteiger partial charge on any atom is -0.363 e. The Kier molecular flexibility index (Phi) is 5.33. The third kappa shape index (κ3) is 4.09. The number of aromatic nitrogens is 1. The fourth-order valence-electron chi connectivity index (χ4n) is 1.39. The fourth-order valence-corrected chi connectivity index (χ4v) is 2.43. The third-order valence-corrected chi connectivity index (χ3v) is 4.33. The molecule has 0 radical (unpaired) electrons. The van der Waals surface area contributed by atoms with Crippen LogP contribution < -0.4 is 10.5 Å². The van der Waals surface area contributed by atoms with Crippen molar-refractivity contribution in [3.05, 3.63) is 18.0 Å². The summed E-state index contributed by atoms with van der Waals surface area (Å²) in [6.45, 7) is 5.49. The second-order valence-electron chi connectivity index (χ2n) is 4.54. The monoisotopic (exact) mass is 274 g/mol. The summed E-state index contributed by atoms with van der Waals surface area (Å²) < 4.78 is 26.4. The summed E-state index contributed by atoms with van der Waals surface area (Å²) in [7, 11) is -1.47. The topological polar surface area (TPSA) is 91.2 Å². The van der Waals surface area contributed by atoms with Crippen LogP contribution in [0.4, 0.5) is 0 Å². The van der Waals surface area contributed by atoms with Crippen molar-refractivity contribution in [2.24, 2.45) is 5.73 Å². The van der Waals surface area contributed by atoms with Gasteiger partial charge in [-0.3, -0.25) is 0 Å². The Labute approximate surface area is 109 Å². The molecule has 0 atom stereocenters. The van der Waals surface area contributed by atoms with E-state index in [1.807, 2.05) is 7.05 Å². The van der Waals surface area contributed by atoms with Gasteiger partial charge in [-0.05, 0) is 27.0 Å². The van der Waals surface area contributed by atoms with Crippen molar-refractivity contribution in [2.75, 3.05) is 20.1 Å². The van der Waals surface area contributed by atoms with E-state index in [1.54, 1.807) is 6.07 Å². The van der Waals surface area contributed by atoms with E-state index < -0.39 is 10.0 Å². The van der Waals surface area contributed by atoms with Crippen LogP contribution in [0.5, 0.6) is 0 Å². The molecule has 18 heavy (non-hydrogen) atoms. The molecule has 0 unspecified atom stereocenters. The number of nitrogens with two attached hydrogens (primary N) is 1. The number of hydrogen-bond donors (Lipinski definition) is 3. The van der Waals surface area contributed by atoms with E-state index in [1.165, 1.54) is 6.20 Å². The van der Waals surface area contributed by atoms with Gasteiger partial charge in [0.05, 0.1) is 4.90 Å². The minimum atomic E-state index is -3.43. The highest BCUT2D eigenvalue weighted by Crippen LogP contribution is 2.09. The van der Waals surface area contributed by atoms with E-state index in [-0.39, 0.29) is 4.90 Å². The first-order valence-corrected chi connectivity index (χ1v) is 7.42. The van der Waals surface area contributed by atoms with E-state index in [4.69, 9.17) is 5.73 Å². The van der Waals surface area contributed by atoms with Crippen LogP contribution in [0.1, 0.15) is 19.5 Å². The molecular weight excluding hydrogens is 252 g/mol. The molecule has 0 saturated heterocycles. The summed E-state index contributed by atoms with van der Waals surface area (Å²) in [5.41, 5.74) is 6.13. The zero-order valence-corrected chi connectivity index (χ0v) is 11.9. The Morgan fingerprint density at radius 2 is 2.17 bits per heavy atom. The molecule has 0 aromatic carbocycles. The molecule has 0 spiro atoms. The van der Waals surface area contributed by atoms with Crippen LogP contribution in [0.3, 0.4) is 0 Å². The maximum atomic E-state index is 11.9. The molecule has 7 heteroatoms. The van der Waals surface area contributed by atoms with Crippen LogP contribution >= 0.6 is 0 Å². The van der Waals surface area contributed by atoms with Gasteiger partial charge in [-0.15, -0.1) is 0 Å². The molecule has 1 aromatic rings. The van der Waals surface area contributed by atoms with E-state index in [0.29, 0.717) is 31.4 Å². The largest absolute Gasteiger partial charge is 0.363 e. The summed E-state index contributed by atoms with van der Waals surface area (Å²) in [6, 6.07) is 1.94. The maximum absolute atomic E-state index is 11.9. The second kappa shape index (κ2) is 6.33. The Morgan fingerprint density at radius 1 is 1.50 bits per heavy atom. The van der Waals surface area contributed by atoms with Gasteiger partial charge in [0.25, 0.3) is 0 Å². The lowest BCUT2D eigenvalue weighted by Crippen LogP contribution is -2.36. The Hall–Kier alpha value is -0.890. The Bertz CT molecular complexity index is 467. The summed E-state index contributed by atoms with van der Waals surface area (Å²) in [5.74, 6) is 0. The van der Waals surface area contributed by atoms with Gasteiger partial charge in [-0.1, -0.05) is 0 Å². The summed E-state index contributed by atoms with van der Waals surface area (Å²) in [4.78, 5) is 5.13. The Morgan fingerprint density at radius 3 is 2.67 bits per heavy atom. The van der Waals surface area contributed by atoms with Crippen LogP contribution in [0.2, 0.25) is 0 Å². The lowest BCUT2D eigenvalue weighted by atomic mass is 10.3. The average Bonchev–Trinajstić information content (AvgIpc) is 2.77. The lowest BCUT2D eigenvalue weighted by Gasteiger charge is -2.20. The van der Waals surface area contributed by atoms with Gasteiger partial charge in [-0.2, -0.15) is 0 Å². The van der Waals surface area contributed by atoms with Crippen LogP contribution in [-0.2, 0) is 16.6 Å². The number of H-pyrrole nitrogens is 1. The van der Waals surface area contributed by atoms with Gasteiger partial charge in [0.2, 0.25) is 10.0 Å². The molecule has 4 N–H and O–H groups in total. The first-order valence-electron chi connectivity index (χ1n) is 5.94. The van der Waals surface area contributed by atoms with Crippen LogP contribution in [0.25, 0.3) is 0 Å². The van der Waals surface area contributed by atoms with Crippen molar-refractivity contribution >= 4 is 10.0 Å². The summed E-state index contributed by atoms with van der Waals surface area (Å²) >= 11 is 0. The number of aromatic amines is 1. The molecule has 6 nitrogen and oxygen atoms in total.